The quantitative estimate of drug-likeness (QED) is 0.781. The number of hydrogen-bond acceptors (Lipinski definition) is 4. The average molecular weight is 290 g/mol. The van der Waals surface area contributed by atoms with Crippen LogP contribution in [0.25, 0.3) is 0 Å². The number of hydrogen-bond donors (Lipinski definition) is 0. The third-order valence-corrected chi connectivity index (χ3v) is 4.15. The number of carbonyl (C=O) groups excluding carboxylic acids is 2. The van der Waals surface area contributed by atoms with Crippen LogP contribution < -0.4 is 0 Å². The molecule has 0 amide bonds. The molecule has 4 heteroatoms. The first-order valence-corrected chi connectivity index (χ1v) is 7.44. The second-order valence-electron chi connectivity index (χ2n) is 5.66. The summed E-state index contributed by atoms with van der Waals surface area (Å²) in [5.74, 6) is -0.606. The molecule has 0 heterocycles. The van der Waals surface area contributed by atoms with E-state index in [9.17, 15) is 9.59 Å². The van der Waals surface area contributed by atoms with E-state index in [0.717, 1.165) is 24.8 Å². The Morgan fingerprint density at radius 1 is 1.10 bits per heavy atom. The van der Waals surface area contributed by atoms with Crippen LogP contribution in [0.4, 0.5) is 0 Å². The predicted molar refractivity (Wildman–Crippen MR) is 78.4 cm³/mol. The van der Waals surface area contributed by atoms with Gasteiger partial charge in [-0.15, -0.1) is 0 Å². The molecule has 1 aromatic rings. The summed E-state index contributed by atoms with van der Waals surface area (Å²) in [5, 5.41) is 0. The van der Waals surface area contributed by atoms with E-state index in [1.807, 2.05) is 30.3 Å². The van der Waals surface area contributed by atoms with Crippen molar-refractivity contribution >= 4 is 11.9 Å². The van der Waals surface area contributed by atoms with Gasteiger partial charge in [0.05, 0.1) is 18.9 Å². The van der Waals surface area contributed by atoms with Gasteiger partial charge in [0.25, 0.3) is 0 Å². The maximum absolute atomic E-state index is 12.1. The van der Waals surface area contributed by atoms with Crippen molar-refractivity contribution in [2.75, 3.05) is 7.11 Å². The molecule has 0 saturated heterocycles. The molecular formula is C17H22O4. The third kappa shape index (κ3) is 4.06. The number of methoxy groups -OCH3 is 1. The second-order valence-corrected chi connectivity index (χ2v) is 5.66. The number of rotatable bonds is 5. The fraction of sp³-hybridized carbons (Fsp3) is 0.529. The van der Waals surface area contributed by atoms with Crippen LogP contribution in [0.3, 0.4) is 0 Å². The van der Waals surface area contributed by atoms with Crippen molar-refractivity contribution in [2.24, 2.45) is 5.41 Å². The van der Waals surface area contributed by atoms with Crippen LogP contribution in [0.1, 0.15) is 44.1 Å². The van der Waals surface area contributed by atoms with Crippen LogP contribution in [0.15, 0.2) is 30.3 Å². The minimum atomic E-state index is -0.680. The first-order valence-electron chi connectivity index (χ1n) is 7.44. The van der Waals surface area contributed by atoms with Gasteiger partial charge < -0.3 is 9.47 Å². The van der Waals surface area contributed by atoms with Crippen molar-refractivity contribution in [1.82, 2.24) is 0 Å². The number of carbonyl (C=O) groups is 2. The Balaban J connectivity index is 1.93. The molecule has 1 fully saturated rings. The first-order chi connectivity index (χ1) is 10.2. The van der Waals surface area contributed by atoms with E-state index in [-0.39, 0.29) is 25.0 Å². The second kappa shape index (κ2) is 7.25. The predicted octanol–water partition coefficient (Wildman–Crippen LogP) is 3.24. The summed E-state index contributed by atoms with van der Waals surface area (Å²) in [6.45, 7) is 0.247. The van der Waals surface area contributed by atoms with Crippen molar-refractivity contribution in [3.63, 3.8) is 0 Å². The lowest BCUT2D eigenvalue weighted by Gasteiger charge is -2.33. The van der Waals surface area contributed by atoms with Gasteiger partial charge in [-0.3, -0.25) is 9.59 Å². The molecule has 0 N–H and O–H groups in total. The lowest BCUT2D eigenvalue weighted by molar-refractivity contribution is -0.163. The fourth-order valence-corrected chi connectivity index (χ4v) is 2.96. The molecular weight excluding hydrogens is 268 g/mol. The van der Waals surface area contributed by atoms with Crippen LogP contribution in [-0.4, -0.2) is 19.0 Å². The Labute approximate surface area is 125 Å². The smallest absolute Gasteiger partial charge is 0.312 e. The van der Waals surface area contributed by atoms with Crippen molar-refractivity contribution in [3.05, 3.63) is 35.9 Å². The Morgan fingerprint density at radius 3 is 2.38 bits per heavy atom. The summed E-state index contributed by atoms with van der Waals surface area (Å²) in [6.07, 6.45) is 4.56. The molecule has 4 nitrogen and oxygen atoms in total. The average Bonchev–Trinajstić information content (AvgIpc) is 2.54. The van der Waals surface area contributed by atoms with Gasteiger partial charge in [0, 0.05) is 0 Å². The Hall–Kier alpha value is -1.84. The fourth-order valence-electron chi connectivity index (χ4n) is 2.96. The summed E-state index contributed by atoms with van der Waals surface area (Å²) in [5.41, 5.74) is 0.266. The van der Waals surface area contributed by atoms with Crippen molar-refractivity contribution in [1.29, 1.82) is 0 Å². The van der Waals surface area contributed by atoms with Crippen LogP contribution in [0.5, 0.6) is 0 Å². The van der Waals surface area contributed by atoms with Gasteiger partial charge >= 0.3 is 11.9 Å². The zero-order valence-corrected chi connectivity index (χ0v) is 12.5. The standard InChI is InChI=1S/C17H22O4/c1-20-16(19)17(10-6-3-7-11-17)12-15(18)21-13-14-8-4-2-5-9-14/h2,4-5,8-9H,3,6-7,10-13H2,1H3. The number of ether oxygens (including phenoxy) is 2. The van der Waals surface area contributed by atoms with Gasteiger partial charge in [-0.1, -0.05) is 49.6 Å². The van der Waals surface area contributed by atoms with E-state index in [4.69, 9.17) is 9.47 Å². The molecule has 2 rings (SSSR count). The molecule has 1 saturated carbocycles. The molecule has 114 valence electrons. The Kier molecular flexibility index (Phi) is 5.37. The normalized spacial score (nSPS) is 17.0. The maximum atomic E-state index is 12.1. The Morgan fingerprint density at radius 2 is 1.76 bits per heavy atom. The van der Waals surface area contributed by atoms with Gasteiger partial charge in [-0.05, 0) is 18.4 Å². The molecule has 0 spiro atoms. The SMILES string of the molecule is COC(=O)C1(CC(=O)OCc2ccccc2)CCCCC1. The highest BCUT2D eigenvalue weighted by molar-refractivity contribution is 5.83. The lowest BCUT2D eigenvalue weighted by Crippen LogP contribution is -2.37. The molecule has 0 aliphatic heterocycles. The largest absolute Gasteiger partial charge is 0.469 e. The highest BCUT2D eigenvalue weighted by atomic mass is 16.5. The van der Waals surface area contributed by atoms with Crippen LogP contribution in [-0.2, 0) is 25.7 Å². The minimum absolute atomic E-state index is 0.118. The van der Waals surface area contributed by atoms with Crippen molar-refractivity contribution in [3.8, 4) is 0 Å². The highest BCUT2D eigenvalue weighted by Gasteiger charge is 2.42. The minimum Gasteiger partial charge on any atom is -0.469 e. The van der Waals surface area contributed by atoms with Crippen LogP contribution in [0, 0.1) is 5.41 Å². The van der Waals surface area contributed by atoms with Gasteiger partial charge in [0.2, 0.25) is 0 Å². The van der Waals surface area contributed by atoms with E-state index in [2.05, 4.69) is 0 Å². The molecule has 1 aliphatic carbocycles. The zero-order valence-electron chi connectivity index (χ0n) is 12.5. The molecule has 0 radical (unpaired) electrons. The first kappa shape index (κ1) is 15.5. The van der Waals surface area contributed by atoms with E-state index < -0.39 is 5.41 Å². The van der Waals surface area contributed by atoms with E-state index >= 15 is 0 Å². The molecule has 1 aromatic carbocycles. The maximum Gasteiger partial charge on any atom is 0.312 e. The van der Waals surface area contributed by atoms with Crippen LogP contribution >= 0.6 is 0 Å². The molecule has 0 atom stereocenters. The molecule has 21 heavy (non-hydrogen) atoms. The summed E-state index contributed by atoms with van der Waals surface area (Å²) >= 11 is 0. The van der Waals surface area contributed by atoms with Crippen molar-refractivity contribution in [2.45, 2.75) is 45.1 Å². The highest BCUT2D eigenvalue weighted by Crippen LogP contribution is 2.40. The summed E-state index contributed by atoms with van der Waals surface area (Å²) in [7, 11) is 1.38. The summed E-state index contributed by atoms with van der Waals surface area (Å²) in [6, 6.07) is 9.54. The number of benzene rings is 1. The topological polar surface area (TPSA) is 52.6 Å². The Bertz CT molecular complexity index is 475. The van der Waals surface area contributed by atoms with Crippen LogP contribution in [0.2, 0.25) is 0 Å². The summed E-state index contributed by atoms with van der Waals surface area (Å²) < 4.78 is 10.2. The lowest BCUT2D eigenvalue weighted by atomic mass is 9.72. The van der Waals surface area contributed by atoms with Gasteiger partial charge in [-0.2, -0.15) is 0 Å². The van der Waals surface area contributed by atoms with Crippen molar-refractivity contribution < 1.29 is 19.1 Å². The van der Waals surface area contributed by atoms with E-state index in [1.165, 1.54) is 7.11 Å². The monoisotopic (exact) mass is 290 g/mol. The molecule has 0 aromatic heterocycles. The molecule has 1 aliphatic rings. The van der Waals surface area contributed by atoms with Gasteiger partial charge in [0.15, 0.2) is 0 Å². The summed E-state index contributed by atoms with van der Waals surface area (Å²) in [4.78, 5) is 24.1. The zero-order chi connectivity index (χ0) is 15.1. The number of esters is 2. The molecule has 0 unspecified atom stereocenters. The van der Waals surface area contributed by atoms with Gasteiger partial charge in [0.1, 0.15) is 6.61 Å². The van der Waals surface area contributed by atoms with E-state index in [0.29, 0.717) is 12.8 Å². The van der Waals surface area contributed by atoms with Gasteiger partial charge in [-0.25, -0.2) is 0 Å². The third-order valence-electron chi connectivity index (χ3n) is 4.15. The molecule has 0 bridgehead atoms. The van der Waals surface area contributed by atoms with E-state index in [1.54, 1.807) is 0 Å².